The average molecular weight is 322 g/mol. The second kappa shape index (κ2) is 7.75. The highest BCUT2D eigenvalue weighted by Gasteiger charge is 2.47. The number of pyridine rings is 1. The van der Waals surface area contributed by atoms with Gasteiger partial charge in [-0.15, -0.1) is 0 Å². The molecule has 1 unspecified atom stereocenters. The topological polar surface area (TPSA) is 69.7 Å². The standard InChI is InChI=1S/C17H26N2O4/c1-5-22-8-9-23-15-12(2)10-14(11-18-15)19-16(20)17(3,21-4)13-6-7-13/h10-11,13H,5-9H2,1-4H3,(H,19,20). The minimum absolute atomic E-state index is 0.131. The normalized spacial score (nSPS) is 16.7. The third-order valence-electron chi connectivity index (χ3n) is 4.19. The van der Waals surface area contributed by atoms with Gasteiger partial charge in [-0.2, -0.15) is 0 Å². The number of ether oxygens (including phenoxy) is 3. The van der Waals surface area contributed by atoms with E-state index in [0.717, 1.165) is 18.4 Å². The zero-order chi connectivity index (χ0) is 16.9. The van der Waals surface area contributed by atoms with Crippen LogP contribution in [0.25, 0.3) is 0 Å². The second-order valence-corrected chi connectivity index (χ2v) is 5.93. The van der Waals surface area contributed by atoms with Gasteiger partial charge in [-0.05, 0) is 45.6 Å². The lowest BCUT2D eigenvalue weighted by Gasteiger charge is -2.26. The summed E-state index contributed by atoms with van der Waals surface area (Å²) in [6, 6.07) is 1.85. The van der Waals surface area contributed by atoms with Gasteiger partial charge in [0.25, 0.3) is 5.91 Å². The first-order valence-electron chi connectivity index (χ1n) is 8.05. The molecular weight excluding hydrogens is 296 g/mol. The molecule has 1 aromatic heterocycles. The Labute approximate surface area is 137 Å². The largest absolute Gasteiger partial charge is 0.475 e. The van der Waals surface area contributed by atoms with Crippen molar-refractivity contribution in [2.75, 3.05) is 32.2 Å². The first kappa shape index (κ1) is 17.7. The number of aryl methyl sites for hydroxylation is 1. The smallest absolute Gasteiger partial charge is 0.256 e. The summed E-state index contributed by atoms with van der Waals surface area (Å²) in [5, 5.41) is 2.89. The van der Waals surface area contributed by atoms with E-state index in [1.54, 1.807) is 13.3 Å². The summed E-state index contributed by atoms with van der Waals surface area (Å²) < 4.78 is 16.2. The Hall–Kier alpha value is -1.66. The fourth-order valence-corrected chi connectivity index (χ4v) is 2.46. The average Bonchev–Trinajstić information content (AvgIpc) is 3.37. The third kappa shape index (κ3) is 4.42. The molecule has 6 heteroatoms. The Morgan fingerprint density at radius 2 is 2.17 bits per heavy atom. The highest BCUT2D eigenvalue weighted by Crippen LogP contribution is 2.42. The number of anilines is 1. The summed E-state index contributed by atoms with van der Waals surface area (Å²) in [4.78, 5) is 16.7. The van der Waals surface area contributed by atoms with Gasteiger partial charge >= 0.3 is 0 Å². The molecule has 1 N–H and O–H groups in total. The van der Waals surface area contributed by atoms with Crippen LogP contribution in [0.4, 0.5) is 5.69 Å². The lowest BCUT2D eigenvalue weighted by Crippen LogP contribution is -2.44. The molecule has 0 radical (unpaired) electrons. The summed E-state index contributed by atoms with van der Waals surface area (Å²) in [6.07, 6.45) is 3.66. The van der Waals surface area contributed by atoms with Crippen molar-refractivity contribution in [3.05, 3.63) is 17.8 Å². The van der Waals surface area contributed by atoms with Crippen molar-refractivity contribution >= 4 is 11.6 Å². The van der Waals surface area contributed by atoms with E-state index >= 15 is 0 Å². The second-order valence-electron chi connectivity index (χ2n) is 5.93. The fourth-order valence-electron chi connectivity index (χ4n) is 2.46. The lowest BCUT2D eigenvalue weighted by atomic mass is 9.99. The molecule has 0 spiro atoms. The lowest BCUT2D eigenvalue weighted by molar-refractivity contribution is -0.138. The monoisotopic (exact) mass is 322 g/mol. The van der Waals surface area contributed by atoms with E-state index < -0.39 is 5.60 Å². The molecule has 1 aliphatic rings. The SMILES string of the molecule is CCOCCOc1ncc(NC(=O)C(C)(OC)C2CC2)cc1C. The number of amides is 1. The van der Waals surface area contributed by atoms with Gasteiger partial charge in [0.05, 0.1) is 18.5 Å². The van der Waals surface area contributed by atoms with Crippen LogP contribution in [0, 0.1) is 12.8 Å². The van der Waals surface area contributed by atoms with Crippen LogP contribution < -0.4 is 10.1 Å². The Morgan fingerprint density at radius 1 is 1.43 bits per heavy atom. The van der Waals surface area contributed by atoms with Crippen LogP contribution in [0.3, 0.4) is 0 Å². The van der Waals surface area contributed by atoms with Crippen molar-refractivity contribution in [2.45, 2.75) is 39.2 Å². The van der Waals surface area contributed by atoms with Gasteiger partial charge in [0.1, 0.15) is 12.2 Å². The first-order valence-corrected chi connectivity index (χ1v) is 8.05. The molecule has 1 aliphatic carbocycles. The van der Waals surface area contributed by atoms with Crippen molar-refractivity contribution in [3.63, 3.8) is 0 Å². The molecule has 1 amide bonds. The summed E-state index contributed by atoms with van der Waals surface area (Å²) in [5.74, 6) is 0.718. The van der Waals surface area contributed by atoms with Crippen LogP contribution in [0.1, 0.15) is 32.3 Å². The molecule has 1 saturated carbocycles. The number of nitrogens with one attached hydrogen (secondary N) is 1. The molecular formula is C17H26N2O4. The summed E-state index contributed by atoms with van der Waals surface area (Å²) in [6.45, 7) is 7.33. The molecule has 23 heavy (non-hydrogen) atoms. The van der Waals surface area contributed by atoms with Crippen LogP contribution in [-0.4, -0.2) is 43.4 Å². The molecule has 0 aliphatic heterocycles. The highest BCUT2D eigenvalue weighted by molar-refractivity contribution is 5.97. The zero-order valence-corrected chi connectivity index (χ0v) is 14.3. The van der Waals surface area contributed by atoms with E-state index in [1.807, 2.05) is 26.8 Å². The van der Waals surface area contributed by atoms with E-state index in [0.29, 0.717) is 37.3 Å². The van der Waals surface area contributed by atoms with Gasteiger partial charge in [0, 0.05) is 19.3 Å². The quantitative estimate of drug-likeness (QED) is 0.708. The van der Waals surface area contributed by atoms with E-state index in [2.05, 4.69) is 10.3 Å². The number of hydrogen-bond acceptors (Lipinski definition) is 5. The van der Waals surface area contributed by atoms with Crippen LogP contribution in [0.5, 0.6) is 5.88 Å². The van der Waals surface area contributed by atoms with Crippen molar-refractivity contribution in [1.82, 2.24) is 4.98 Å². The van der Waals surface area contributed by atoms with Gasteiger partial charge in [-0.25, -0.2) is 4.98 Å². The molecule has 128 valence electrons. The van der Waals surface area contributed by atoms with E-state index in [-0.39, 0.29) is 5.91 Å². The Bertz CT molecular complexity index is 545. The maximum atomic E-state index is 12.5. The summed E-state index contributed by atoms with van der Waals surface area (Å²) in [5.41, 5.74) is 0.735. The van der Waals surface area contributed by atoms with Crippen molar-refractivity contribution in [1.29, 1.82) is 0 Å². The van der Waals surface area contributed by atoms with Gasteiger partial charge in [0.2, 0.25) is 5.88 Å². The molecule has 0 bridgehead atoms. The van der Waals surface area contributed by atoms with Crippen LogP contribution in [-0.2, 0) is 14.3 Å². The molecule has 6 nitrogen and oxygen atoms in total. The Morgan fingerprint density at radius 3 is 2.74 bits per heavy atom. The van der Waals surface area contributed by atoms with Gasteiger partial charge < -0.3 is 19.5 Å². The fraction of sp³-hybridized carbons (Fsp3) is 0.647. The molecule has 1 heterocycles. The number of carbonyl (C=O) groups excluding carboxylic acids is 1. The zero-order valence-electron chi connectivity index (χ0n) is 14.3. The maximum absolute atomic E-state index is 12.5. The predicted molar refractivity (Wildman–Crippen MR) is 87.7 cm³/mol. The molecule has 2 rings (SSSR count). The first-order chi connectivity index (χ1) is 11.0. The third-order valence-corrected chi connectivity index (χ3v) is 4.19. The number of hydrogen-bond donors (Lipinski definition) is 1. The molecule has 1 aromatic rings. The highest BCUT2D eigenvalue weighted by atomic mass is 16.5. The maximum Gasteiger partial charge on any atom is 0.256 e. The molecule has 1 atom stereocenters. The number of methoxy groups -OCH3 is 1. The van der Waals surface area contributed by atoms with Gasteiger partial charge in [0.15, 0.2) is 0 Å². The van der Waals surface area contributed by atoms with Crippen LogP contribution in [0.15, 0.2) is 12.3 Å². The van der Waals surface area contributed by atoms with Gasteiger partial charge in [-0.3, -0.25) is 4.79 Å². The summed E-state index contributed by atoms with van der Waals surface area (Å²) in [7, 11) is 1.58. The van der Waals surface area contributed by atoms with Gasteiger partial charge in [-0.1, -0.05) is 0 Å². The van der Waals surface area contributed by atoms with Crippen molar-refractivity contribution in [2.24, 2.45) is 5.92 Å². The van der Waals surface area contributed by atoms with Crippen LogP contribution in [0.2, 0.25) is 0 Å². The molecule has 1 fully saturated rings. The van der Waals surface area contributed by atoms with Crippen molar-refractivity contribution < 1.29 is 19.0 Å². The summed E-state index contributed by atoms with van der Waals surface area (Å²) >= 11 is 0. The molecule has 0 saturated heterocycles. The van der Waals surface area contributed by atoms with E-state index in [1.165, 1.54) is 0 Å². The number of rotatable bonds is 9. The van der Waals surface area contributed by atoms with Crippen LogP contribution >= 0.6 is 0 Å². The number of nitrogens with zero attached hydrogens (tertiary/aromatic N) is 1. The van der Waals surface area contributed by atoms with Crippen molar-refractivity contribution in [3.8, 4) is 5.88 Å². The number of aromatic nitrogens is 1. The number of carbonyl (C=O) groups is 1. The Balaban J connectivity index is 1.95. The Kier molecular flexibility index (Phi) is 5.96. The van der Waals surface area contributed by atoms with E-state index in [9.17, 15) is 4.79 Å². The minimum atomic E-state index is -0.777. The van der Waals surface area contributed by atoms with E-state index in [4.69, 9.17) is 14.2 Å². The minimum Gasteiger partial charge on any atom is -0.475 e. The predicted octanol–water partition coefficient (Wildman–Crippen LogP) is 2.56. The molecule has 0 aromatic carbocycles.